The van der Waals surface area contributed by atoms with Gasteiger partial charge in [-0.2, -0.15) is 0 Å². The van der Waals surface area contributed by atoms with Crippen molar-refractivity contribution in [3.05, 3.63) is 24.0 Å². The lowest BCUT2D eigenvalue weighted by molar-refractivity contribution is 0.0794. The van der Waals surface area contributed by atoms with Crippen molar-refractivity contribution in [3.8, 4) is 17.1 Å². The SMILES string of the molecule is COc1nc(C(C)C)ccc1-c1cnc2sc(N3CC[C@](C)(N)[C@@H](O)C3)nn12. The molecule has 0 radical (unpaired) electrons. The van der Waals surface area contributed by atoms with E-state index in [9.17, 15) is 5.11 Å². The number of aliphatic hydroxyl groups is 1. The average Bonchev–Trinajstić information content (AvgIpc) is 3.24. The highest BCUT2D eigenvalue weighted by atomic mass is 32.1. The number of methoxy groups -OCH3 is 1. The van der Waals surface area contributed by atoms with Crippen molar-refractivity contribution in [1.29, 1.82) is 0 Å². The molecule has 8 nitrogen and oxygen atoms in total. The highest BCUT2D eigenvalue weighted by Crippen LogP contribution is 2.34. The highest BCUT2D eigenvalue weighted by Gasteiger charge is 2.36. The van der Waals surface area contributed by atoms with E-state index in [4.69, 9.17) is 15.6 Å². The number of hydrogen-bond donors (Lipinski definition) is 2. The Morgan fingerprint density at radius 1 is 1.39 bits per heavy atom. The number of fused-ring (bicyclic) bond motifs is 1. The number of ether oxygens (including phenoxy) is 1. The minimum Gasteiger partial charge on any atom is -0.480 e. The molecule has 3 aromatic heterocycles. The number of anilines is 1. The summed E-state index contributed by atoms with van der Waals surface area (Å²) >= 11 is 1.50. The first-order valence-corrected chi connectivity index (χ1v) is 10.2. The number of hydrogen-bond acceptors (Lipinski definition) is 8. The number of rotatable bonds is 4. The van der Waals surface area contributed by atoms with E-state index < -0.39 is 11.6 Å². The van der Waals surface area contributed by atoms with Crippen LogP contribution in [0.4, 0.5) is 5.13 Å². The largest absolute Gasteiger partial charge is 0.480 e. The van der Waals surface area contributed by atoms with Crippen LogP contribution < -0.4 is 15.4 Å². The van der Waals surface area contributed by atoms with Gasteiger partial charge in [0, 0.05) is 24.3 Å². The summed E-state index contributed by atoms with van der Waals surface area (Å²) in [4.78, 5) is 12.0. The Labute approximate surface area is 168 Å². The van der Waals surface area contributed by atoms with E-state index in [0.717, 1.165) is 33.6 Å². The zero-order chi connectivity index (χ0) is 20.1. The van der Waals surface area contributed by atoms with E-state index in [1.807, 2.05) is 23.6 Å². The molecule has 3 N–H and O–H groups in total. The van der Waals surface area contributed by atoms with Crippen molar-refractivity contribution in [1.82, 2.24) is 19.6 Å². The Kier molecular flexibility index (Phi) is 4.76. The van der Waals surface area contributed by atoms with E-state index in [-0.39, 0.29) is 0 Å². The molecule has 3 aromatic rings. The zero-order valence-electron chi connectivity index (χ0n) is 16.6. The summed E-state index contributed by atoms with van der Waals surface area (Å²) in [6.45, 7) is 7.31. The summed E-state index contributed by atoms with van der Waals surface area (Å²) in [5.74, 6) is 0.882. The van der Waals surface area contributed by atoms with Gasteiger partial charge < -0.3 is 20.5 Å². The Morgan fingerprint density at radius 2 is 2.18 bits per heavy atom. The van der Waals surface area contributed by atoms with E-state index in [1.165, 1.54) is 11.3 Å². The third-order valence-corrected chi connectivity index (χ3v) is 6.35. The minimum absolute atomic E-state index is 0.318. The number of β-amino-alcohol motifs (C(OH)–C–C–N with tert-alkyl or cyclic N) is 1. The van der Waals surface area contributed by atoms with Crippen LogP contribution in [-0.2, 0) is 0 Å². The number of pyridine rings is 1. The lowest BCUT2D eigenvalue weighted by atomic mass is 9.88. The summed E-state index contributed by atoms with van der Waals surface area (Å²) in [5, 5.41) is 15.9. The summed E-state index contributed by atoms with van der Waals surface area (Å²) in [6.07, 6.45) is 1.90. The molecule has 1 aliphatic rings. The topological polar surface area (TPSA) is 102 Å². The highest BCUT2D eigenvalue weighted by molar-refractivity contribution is 7.20. The Morgan fingerprint density at radius 3 is 2.86 bits per heavy atom. The third kappa shape index (κ3) is 3.23. The Bertz CT molecular complexity index is 996. The van der Waals surface area contributed by atoms with Crippen LogP contribution in [-0.4, -0.2) is 56.5 Å². The molecule has 1 fully saturated rings. The number of aromatic nitrogens is 4. The number of imidazole rings is 1. The molecule has 0 unspecified atom stereocenters. The third-order valence-electron chi connectivity index (χ3n) is 5.36. The van der Waals surface area contributed by atoms with Crippen molar-refractivity contribution in [3.63, 3.8) is 0 Å². The maximum Gasteiger partial charge on any atom is 0.222 e. The Balaban J connectivity index is 1.69. The van der Waals surface area contributed by atoms with Crippen LogP contribution >= 0.6 is 11.3 Å². The van der Waals surface area contributed by atoms with Crippen molar-refractivity contribution in [2.24, 2.45) is 5.73 Å². The predicted octanol–water partition coefficient (Wildman–Crippen LogP) is 2.27. The number of aliphatic hydroxyl groups excluding tert-OH is 1. The van der Waals surface area contributed by atoms with Gasteiger partial charge in [0.15, 0.2) is 0 Å². The quantitative estimate of drug-likeness (QED) is 0.690. The van der Waals surface area contributed by atoms with Gasteiger partial charge in [-0.15, -0.1) is 5.10 Å². The predicted molar refractivity (Wildman–Crippen MR) is 110 cm³/mol. The van der Waals surface area contributed by atoms with Crippen molar-refractivity contribution < 1.29 is 9.84 Å². The first kappa shape index (κ1) is 19.1. The van der Waals surface area contributed by atoms with Crippen LogP contribution in [0.25, 0.3) is 16.2 Å². The van der Waals surface area contributed by atoms with Crippen molar-refractivity contribution >= 4 is 21.4 Å². The molecule has 1 saturated heterocycles. The average molecular weight is 403 g/mol. The van der Waals surface area contributed by atoms with Gasteiger partial charge >= 0.3 is 0 Å². The monoisotopic (exact) mass is 402 g/mol. The smallest absolute Gasteiger partial charge is 0.222 e. The molecular weight excluding hydrogens is 376 g/mol. The van der Waals surface area contributed by atoms with E-state index in [2.05, 4.69) is 28.7 Å². The van der Waals surface area contributed by atoms with Gasteiger partial charge in [0.2, 0.25) is 16.0 Å². The van der Waals surface area contributed by atoms with Crippen LogP contribution in [0.5, 0.6) is 5.88 Å². The molecule has 4 heterocycles. The van der Waals surface area contributed by atoms with Crippen molar-refractivity contribution in [2.45, 2.75) is 44.8 Å². The van der Waals surface area contributed by atoms with E-state index in [0.29, 0.717) is 24.8 Å². The maximum absolute atomic E-state index is 10.3. The molecule has 2 atom stereocenters. The fourth-order valence-electron chi connectivity index (χ4n) is 3.35. The molecule has 28 heavy (non-hydrogen) atoms. The molecule has 0 saturated carbocycles. The number of nitrogens with zero attached hydrogens (tertiary/aromatic N) is 5. The molecule has 0 aromatic carbocycles. The van der Waals surface area contributed by atoms with Crippen LogP contribution in [0.3, 0.4) is 0 Å². The Hall–Kier alpha value is -2.23. The molecule has 0 aliphatic carbocycles. The molecule has 0 spiro atoms. The minimum atomic E-state index is -0.593. The number of piperidine rings is 1. The van der Waals surface area contributed by atoms with Gasteiger partial charge in [-0.1, -0.05) is 25.2 Å². The molecule has 9 heteroatoms. The lowest BCUT2D eigenvalue weighted by Crippen LogP contribution is -2.59. The maximum atomic E-state index is 10.3. The van der Waals surface area contributed by atoms with Gasteiger partial charge in [0.05, 0.1) is 30.7 Å². The summed E-state index contributed by atoms with van der Waals surface area (Å²) in [5.41, 5.74) is 8.25. The molecule has 150 valence electrons. The van der Waals surface area contributed by atoms with Gasteiger partial charge in [-0.25, -0.2) is 14.5 Å². The molecule has 1 aliphatic heterocycles. The lowest BCUT2D eigenvalue weighted by Gasteiger charge is -2.40. The fraction of sp³-hybridized carbons (Fsp3) is 0.526. The fourth-order valence-corrected chi connectivity index (χ4v) is 4.26. The standard InChI is InChI=1S/C19H26N6O2S/c1-11(2)13-6-5-12(16(22-13)27-4)14-9-21-17-25(14)23-18(28-17)24-8-7-19(3,20)15(26)10-24/h5-6,9,11,15,26H,7-8,10,20H2,1-4H3/t15-,19-/m0/s1. The molecular formula is C19H26N6O2S. The van der Waals surface area contributed by atoms with E-state index >= 15 is 0 Å². The first-order valence-electron chi connectivity index (χ1n) is 9.42. The van der Waals surface area contributed by atoms with Crippen LogP contribution in [0, 0.1) is 0 Å². The van der Waals surface area contributed by atoms with Gasteiger partial charge in [0.1, 0.15) is 0 Å². The van der Waals surface area contributed by atoms with Crippen molar-refractivity contribution in [2.75, 3.05) is 25.1 Å². The van der Waals surface area contributed by atoms with Crippen LogP contribution in [0.1, 0.15) is 38.8 Å². The first-order chi connectivity index (χ1) is 13.3. The van der Waals surface area contributed by atoms with E-state index in [1.54, 1.807) is 13.3 Å². The van der Waals surface area contributed by atoms with Crippen LogP contribution in [0.15, 0.2) is 18.3 Å². The zero-order valence-corrected chi connectivity index (χ0v) is 17.4. The molecule has 0 amide bonds. The second kappa shape index (κ2) is 6.98. The second-order valence-corrected chi connectivity index (χ2v) is 8.82. The summed E-state index contributed by atoms with van der Waals surface area (Å²) < 4.78 is 7.35. The van der Waals surface area contributed by atoms with Gasteiger partial charge in [0.25, 0.3) is 0 Å². The normalized spacial score (nSPS) is 23.0. The second-order valence-electron chi connectivity index (χ2n) is 7.89. The van der Waals surface area contributed by atoms with Gasteiger partial charge in [-0.3, -0.25) is 0 Å². The van der Waals surface area contributed by atoms with Gasteiger partial charge in [-0.05, 0) is 31.4 Å². The van der Waals surface area contributed by atoms with Crippen LogP contribution in [0.2, 0.25) is 0 Å². The summed E-state index contributed by atoms with van der Waals surface area (Å²) in [7, 11) is 1.62. The number of nitrogens with two attached hydrogens (primary N) is 1. The molecule has 0 bridgehead atoms. The summed E-state index contributed by atoms with van der Waals surface area (Å²) in [6, 6.07) is 4.02. The molecule has 4 rings (SSSR count).